The predicted molar refractivity (Wildman–Crippen MR) is 67.1 cm³/mol. The number of halogens is 2. The van der Waals surface area contributed by atoms with Gasteiger partial charge in [-0.3, -0.25) is 9.59 Å². The molecule has 0 spiro atoms. The monoisotopic (exact) mass is 274 g/mol. The molecule has 0 saturated heterocycles. The first-order chi connectivity index (χ1) is 9.43. The summed E-state index contributed by atoms with van der Waals surface area (Å²) in [7, 11) is 0. The van der Waals surface area contributed by atoms with Gasteiger partial charge in [0.2, 0.25) is 0 Å². The molecule has 1 aromatic heterocycles. The number of hydrogen-bond acceptors (Lipinski definition) is 3. The van der Waals surface area contributed by atoms with E-state index in [4.69, 9.17) is 5.26 Å². The van der Waals surface area contributed by atoms with Gasteiger partial charge in [0, 0.05) is 11.1 Å². The molecular weight excluding hydrogens is 266 g/mol. The van der Waals surface area contributed by atoms with Crippen LogP contribution in [-0.4, -0.2) is 10.8 Å². The molecule has 4 nitrogen and oxygen atoms in total. The molecule has 0 radical (unpaired) electrons. The number of rotatable bonds is 2. The average molecular weight is 274 g/mol. The normalized spacial score (nSPS) is 10.1. The van der Waals surface area contributed by atoms with Gasteiger partial charge < -0.3 is 4.98 Å². The summed E-state index contributed by atoms with van der Waals surface area (Å²) in [5, 5.41) is 8.77. The van der Waals surface area contributed by atoms with E-state index in [1.807, 2.05) is 0 Å². The highest BCUT2D eigenvalue weighted by Gasteiger charge is 2.17. The van der Waals surface area contributed by atoms with E-state index in [0.717, 1.165) is 24.3 Å². The summed E-state index contributed by atoms with van der Waals surface area (Å²) < 4.78 is 27.0. The Morgan fingerprint density at radius 2 is 2.00 bits per heavy atom. The first-order valence-corrected chi connectivity index (χ1v) is 5.58. The minimum Gasteiger partial charge on any atom is -0.320 e. The maximum atomic E-state index is 13.7. The van der Waals surface area contributed by atoms with Crippen molar-refractivity contribution < 1.29 is 13.6 Å². The van der Waals surface area contributed by atoms with Crippen LogP contribution >= 0.6 is 0 Å². The number of nitriles is 1. The van der Waals surface area contributed by atoms with Crippen LogP contribution in [0.25, 0.3) is 11.3 Å². The van der Waals surface area contributed by atoms with Crippen molar-refractivity contribution in [3.05, 3.63) is 57.4 Å². The third-order valence-electron chi connectivity index (χ3n) is 2.74. The van der Waals surface area contributed by atoms with Gasteiger partial charge in [0.1, 0.15) is 23.3 Å². The number of carbonyl (C=O) groups is 1. The number of Topliss-reactive ketones (excluding diaryl/α,β-unsaturated/α-hetero) is 1. The number of H-pyrrole nitrogens is 1. The number of pyridine rings is 1. The first-order valence-electron chi connectivity index (χ1n) is 5.58. The van der Waals surface area contributed by atoms with Crippen molar-refractivity contribution in [3.63, 3.8) is 0 Å². The molecule has 0 bridgehead atoms. The zero-order valence-corrected chi connectivity index (χ0v) is 10.3. The van der Waals surface area contributed by atoms with Gasteiger partial charge in [0.25, 0.3) is 5.56 Å². The predicted octanol–water partition coefficient (Wildman–Crippen LogP) is 2.39. The minimum absolute atomic E-state index is 0.0503. The summed E-state index contributed by atoms with van der Waals surface area (Å²) in [6.07, 6.45) is 0. The third-order valence-corrected chi connectivity index (χ3v) is 2.74. The quantitative estimate of drug-likeness (QED) is 0.854. The van der Waals surface area contributed by atoms with Crippen molar-refractivity contribution in [2.75, 3.05) is 0 Å². The number of aromatic nitrogens is 1. The second-order valence-electron chi connectivity index (χ2n) is 4.09. The minimum atomic E-state index is -0.783. The van der Waals surface area contributed by atoms with Crippen molar-refractivity contribution in [1.29, 1.82) is 5.26 Å². The van der Waals surface area contributed by atoms with E-state index in [1.165, 1.54) is 6.92 Å². The van der Waals surface area contributed by atoms with Gasteiger partial charge in [-0.15, -0.1) is 0 Å². The van der Waals surface area contributed by atoms with Crippen molar-refractivity contribution in [3.8, 4) is 17.3 Å². The lowest BCUT2D eigenvalue weighted by molar-refractivity contribution is 0.101. The van der Waals surface area contributed by atoms with E-state index in [2.05, 4.69) is 4.98 Å². The van der Waals surface area contributed by atoms with E-state index in [0.29, 0.717) is 0 Å². The maximum Gasteiger partial charge on any atom is 0.266 e. The summed E-state index contributed by atoms with van der Waals surface area (Å²) in [6.45, 7) is 1.20. The standard InChI is InChI=1S/C14H8F2N2O2/c1-7(19)10-4-8(6-17)14(20)18-13(10)11-5-9(15)2-3-12(11)16/h2-5H,1H3,(H,18,20). The van der Waals surface area contributed by atoms with Gasteiger partial charge in [0.05, 0.1) is 5.69 Å². The van der Waals surface area contributed by atoms with Gasteiger partial charge in [-0.05, 0) is 31.2 Å². The lowest BCUT2D eigenvalue weighted by Gasteiger charge is -2.08. The Kier molecular flexibility index (Phi) is 3.44. The molecule has 0 atom stereocenters. The SMILES string of the molecule is CC(=O)c1cc(C#N)c(=O)[nH]c1-c1cc(F)ccc1F. The Hall–Kier alpha value is -2.81. The lowest BCUT2D eigenvalue weighted by atomic mass is 10.0. The largest absolute Gasteiger partial charge is 0.320 e. The van der Waals surface area contributed by atoms with E-state index >= 15 is 0 Å². The lowest BCUT2D eigenvalue weighted by Crippen LogP contribution is -2.15. The Balaban J connectivity index is 2.83. The summed E-state index contributed by atoms with van der Waals surface area (Å²) in [5.74, 6) is -1.97. The van der Waals surface area contributed by atoms with Crippen LogP contribution in [0.4, 0.5) is 8.78 Å². The molecular formula is C14H8F2N2O2. The molecule has 1 aromatic carbocycles. The molecule has 2 aromatic rings. The topological polar surface area (TPSA) is 73.7 Å². The fourth-order valence-corrected chi connectivity index (χ4v) is 1.79. The fraction of sp³-hybridized carbons (Fsp3) is 0.0714. The number of benzene rings is 1. The van der Waals surface area contributed by atoms with Crippen LogP contribution in [0, 0.1) is 23.0 Å². The molecule has 0 aliphatic heterocycles. The maximum absolute atomic E-state index is 13.7. The molecule has 1 heterocycles. The molecule has 20 heavy (non-hydrogen) atoms. The highest BCUT2D eigenvalue weighted by molar-refractivity contribution is 6.00. The molecule has 2 rings (SSSR count). The van der Waals surface area contributed by atoms with Gasteiger partial charge in [-0.25, -0.2) is 8.78 Å². The zero-order chi connectivity index (χ0) is 14.9. The van der Waals surface area contributed by atoms with Crippen LogP contribution in [0.2, 0.25) is 0 Å². The number of aromatic amines is 1. The molecule has 0 aliphatic carbocycles. The fourth-order valence-electron chi connectivity index (χ4n) is 1.79. The second kappa shape index (κ2) is 5.05. The molecule has 100 valence electrons. The number of nitrogens with one attached hydrogen (secondary N) is 1. The van der Waals surface area contributed by atoms with Crippen molar-refractivity contribution in [2.45, 2.75) is 6.92 Å². The molecule has 0 aliphatic rings. The summed E-state index contributed by atoms with van der Waals surface area (Å²) in [6, 6.07) is 5.39. The number of nitrogens with zero attached hydrogens (tertiary/aromatic N) is 1. The third kappa shape index (κ3) is 2.34. The number of ketones is 1. The average Bonchev–Trinajstić information content (AvgIpc) is 2.41. The Bertz CT molecular complexity index is 804. The number of hydrogen-bond donors (Lipinski definition) is 1. The highest BCUT2D eigenvalue weighted by Crippen LogP contribution is 2.25. The van der Waals surface area contributed by atoms with Crippen molar-refractivity contribution in [2.24, 2.45) is 0 Å². The first kappa shape index (κ1) is 13.6. The molecule has 0 fully saturated rings. The van der Waals surface area contributed by atoms with Crippen LogP contribution in [0.5, 0.6) is 0 Å². The van der Waals surface area contributed by atoms with Crippen LogP contribution < -0.4 is 5.56 Å². The molecule has 6 heteroatoms. The Labute approximate surface area is 112 Å². The molecule has 0 amide bonds. The van der Waals surface area contributed by atoms with Crippen molar-refractivity contribution in [1.82, 2.24) is 4.98 Å². The summed E-state index contributed by atoms with van der Waals surface area (Å²) in [5.41, 5.74) is -1.46. The summed E-state index contributed by atoms with van der Waals surface area (Å²) in [4.78, 5) is 25.4. The van der Waals surface area contributed by atoms with Crippen LogP contribution in [-0.2, 0) is 0 Å². The smallest absolute Gasteiger partial charge is 0.266 e. The summed E-state index contributed by atoms with van der Waals surface area (Å²) >= 11 is 0. The molecule has 0 unspecified atom stereocenters. The van der Waals surface area contributed by atoms with Crippen LogP contribution in [0.3, 0.4) is 0 Å². The van der Waals surface area contributed by atoms with E-state index in [1.54, 1.807) is 6.07 Å². The highest BCUT2D eigenvalue weighted by atomic mass is 19.1. The van der Waals surface area contributed by atoms with Crippen LogP contribution in [0.1, 0.15) is 22.8 Å². The molecule has 0 saturated carbocycles. The van der Waals surface area contributed by atoms with Crippen molar-refractivity contribution >= 4 is 5.78 Å². The Morgan fingerprint density at radius 1 is 1.30 bits per heavy atom. The van der Waals surface area contributed by atoms with E-state index < -0.39 is 23.0 Å². The number of carbonyl (C=O) groups excluding carboxylic acids is 1. The Morgan fingerprint density at radius 3 is 2.60 bits per heavy atom. The van der Waals surface area contributed by atoms with Gasteiger partial charge in [-0.2, -0.15) is 5.26 Å². The second-order valence-corrected chi connectivity index (χ2v) is 4.09. The van der Waals surface area contributed by atoms with Crippen LogP contribution in [0.15, 0.2) is 29.1 Å². The van der Waals surface area contributed by atoms with Gasteiger partial charge in [0.15, 0.2) is 5.78 Å². The molecule has 1 N–H and O–H groups in total. The zero-order valence-electron chi connectivity index (χ0n) is 10.3. The van der Waals surface area contributed by atoms with Gasteiger partial charge in [-0.1, -0.05) is 0 Å². The van der Waals surface area contributed by atoms with Gasteiger partial charge >= 0.3 is 0 Å². The van der Waals surface area contributed by atoms with E-state index in [-0.39, 0.29) is 22.4 Å². The van der Waals surface area contributed by atoms with E-state index in [9.17, 15) is 18.4 Å².